The second-order valence-corrected chi connectivity index (χ2v) is 11.1. The summed E-state index contributed by atoms with van der Waals surface area (Å²) in [5, 5.41) is 9.76. The van der Waals surface area contributed by atoms with Gasteiger partial charge in [-0.25, -0.2) is 8.42 Å². The molecule has 3 atom stereocenters. The maximum Gasteiger partial charge on any atom is 0.247 e. The van der Waals surface area contributed by atoms with E-state index in [2.05, 4.69) is 11.9 Å². The maximum absolute atomic E-state index is 13.5. The number of ether oxygens (including phenoxy) is 2. The van der Waals surface area contributed by atoms with Crippen molar-refractivity contribution in [3.63, 3.8) is 0 Å². The lowest BCUT2D eigenvalue weighted by Gasteiger charge is -2.38. The predicted molar refractivity (Wildman–Crippen MR) is 126 cm³/mol. The van der Waals surface area contributed by atoms with Gasteiger partial charge in [-0.15, -0.1) is 0 Å². The molecule has 2 heterocycles. The zero-order valence-electron chi connectivity index (χ0n) is 19.7. The number of allylic oxidation sites excluding steroid dienone is 1. The van der Waals surface area contributed by atoms with Crippen LogP contribution >= 0.6 is 0 Å². The molecule has 1 N–H and O–H groups in total. The van der Waals surface area contributed by atoms with Gasteiger partial charge >= 0.3 is 0 Å². The number of sulfonamides is 1. The minimum Gasteiger partial charge on any atom is -0.487 e. The summed E-state index contributed by atoms with van der Waals surface area (Å²) in [5.74, 6) is 0.943. The first-order chi connectivity index (χ1) is 15.3. The Morgan fingerprint density at radius 3 is 2.66 bits per heavy atom. The molecule has 180 valence electrons. The number of likely N-dealkylation sites (N-methyl/N-ethyl adjacent to an activating group) is 1. The van der Waals surface area contributed by atoms with Crippen LogP contribution in [0.15, 0.2) is 29.2 Å². The molecule has 0 saturated carbocycles. The monoisotopic (exact) mass is 466 g/mol. The van der Waals surface area contributed by atoms with Crippen molar-refractivity contribution in [3.8, 4) is 5.75 Å². The van der Waals surface area contributed by atoms with Gasteiger partial charge in [0.15, 0.2) is 0 Å². The van der Waals surface area contributed by atoms with Crippen LogP contribution in [0.5, 0.6) is 5.75 Å². The van der Waals surface area contributed by atoms with Gasteiger partial charge in [-0.2, -0.15) is 4.31 Å². The van der Waals surface area contributed by atoms with Gasteiger partial charge < -0.3 is 19.5 Å². The molecule has 1 aromatic rings. The van der Waals surface area contributed by atoms with Crippen LogP contribution in [0, 0.1) is 11.8 Å². The number of nitrogens with zero attached hydrogens (tertiary/aromatic N) is 2. The van der Waals surface area contributed by atoms with Crippen molar-refractivity contribution >= 4 is 16.1 Å². The minimum atomic E-state index is -3.80. The summed E-state index contributed by atoms with van der Waals surface area (Å²) in [6.45, 7) is 9.08. The number of aliphatic hydroxyl groups excluding tert-OH is 1. The van der Waals surface area contributed by atoms with E-state index in [9.17, 15) is 13.5 Å². The Morgan fingerprint density at radius 2 is 2.00 bits per heavy atom. The molecule has 8 heteroatoms. The molecule has 0 bridgehead atoms. The van der Waals surface area contributed by atoms with Gasteiger partial charge in [-0.3, -0.25) is 0 Å². The van der Waals surface area contributed by atoms with Crippen molar-refractivity contribution < 1.29 is 23.0 Å². The second-order valence-electron chi connectivity index (χ2n) is 9.22. The Balaban J connectivity index is 1.91. The first-order valence-corrected chi connectivity index (χ1v) is 13.0. The molecule has 1 fully saturated rings. The Kier molecular flexibility index (Phi) is 8.75. The first-order valence-electron chi connectivity index (χ1n) is 11.6. The molecule has 1 aromatic carbocycles. The molecule has 0 unspecified atom stereocenters. The fourth-order valence-corrected chi connectivity index (χ4v) is 6.33. The van der Waals surface area contributed by atoms with E-state index in [1.54, 1.807) is 25.1 Å². The van der Waals surface area contributed by atoms with Crippen LogP contribution in [0.2, 0.25) is 0 Å². The van der Waals surface area contributed by atoms with Crippen molar-refractivity contribution in [2.24, 2.45) is 11.8 Å². The fourth-order valence-electron chi connectivity index (χ4n) is 4.51. The third-order valence-corrected chi connectivity index (χ3v) is 8.47. The Morgan fingerprint density at radius 1 is 1.28 bits per heavy atom. The van der Waals surface area contributed by atoms with Crippen LogP contribution < -0.4 is 4.74 Å². The molecule has 0 amide bonds. The van der Waals surface area contributed by atoms with Gasteiger partial charge in [0, 0.05) is 44.8 Å². The molecule has 0 spiro atoms. The highest BCUT2D eigenvalue weighted by Crippen LogP contribution is 2.34. The molecule has 2 aliphatic rings. The molecular formula is C24H38N2O5S. The Labute approximate surface area is 193 Å². The molecule has 2 aliphatic heterocycles. The van der Waals surface area contributed by atoms with Crippen LogP contribution in [0.25, 0.3) is 6.08 Å². The highest BCUT2D eigenvalue weighted by Gasteiger charge is 2.38. The quantitative estimate of drug-likeness (QED) is 0.666. The fraction of sp³-hybridized carbons (Fsp3) is 0.667. The summed E-state index contributed by atoms with van der Waals surface area (Å²) >= 11 is 0. The molecule has 7 nitrogen and oxygen atoms in total. The molecule has 0 aromatic heterocycles. The van der Waals surface area contributed by atoms with E-state index < -0.39 is 16.1 Å². The number of benzene rings is 1. The average Bonchev–Trinajstić information content (AvgIpc) is 2.76. The van der Waals surface area contributed by atoms with Crippen molar-refractivity contribution in [1.82, 2.24) is 9.21 Å². The zero-order chi connectivity index (χ0) is 23.3. The maximum atomic E-state index is 13.5. The largest absolute Gasteiger partial charge is 0.487 e. The molecule has 1 saturated heterocycles. The topological polar surface area (TPSA) is 79.3 Å². The van der Waals surface area contributed by atoms with Crippen LogP contribution in [-0.2, 0) is 14.8 Å². The summed E-state index contributed by atoms with van der Waals surface area (Å²) < 4.78 is 40.3. The summed E-state index contributed by atoms with van der Waals surface area (Å²) in [7, 11) is -1.69. The van der Waals surface area contributed by atoms with Crippen molar-refractivity contribution in [2.45, 2.75) is 50.7 Å². The van der Waals surface area contributed by atoms with E-state index in [1.165, 1.54) is 4.31 Å². The summed E-state index contributed by atoms with van der Waals surface area (Å²) in [4.78, 5) is 2.46. The van der Waals surface area contributed by atoms with E-state index in [-0.39, 0.29) is 23.5 Å². The lowest BCUT2D eigenvalue weighted by molar-refractivity contribution is 0.0402. The van der Waals surface area contributed by atoms with Crippen molar-refractivity contribution in [2.75, 3.05) is 46.5 Å². The van der Waals surface area contributed by atoms with Crippen LogP contribution in [0.3, 0.4) is 0 Å². The molecule has 0 aliphatic carbocycles. The average molecular weight is 467 g/mol. The normalized spacial score (nSPS) is 25.8. The van der Waals surface area contributed by atoms with Crippen LogP contribution in [0.4, 0.5) is 0 Å². The lowest BCUT2D eigenvalue weighted by atomic mass is 9.98. The van der Waals surface area contributed by atoms with Gasteiger partial charge in [-0.05, 0) is 57.4 Å². The highest BCUT2D eigenvalue weighted by molar-refractivity contribution is 7.89. The summed E-state index contributed by atoms with van der Waals surface area (Å²) in [6.07, 6.45) is 5.81. The second kappa shape index (κ2) is 11.1. The molecule has 3 rings (SSSR count). The molecule has 0 radical (unpaired) electrons. The number of fused-ring (bicyclic) bond motifs is 1. The van der Waals surface area contributed by atoms with E-state index in [0.29, 0.717) is 24.8 Å². The van der Waals surface area contributed by atoms with E-state index in [1.807, 2.05) is 26.0 Å². The minimum absolute atomic E-state index is 0.0468. The summed E-state index contributed by atoms with van der Waals surface area (Å²) in [6, 6.07) is 4.71. The lowest BCUT2D eigenvalue weighted by Crippen LogP contribution is -2.50. The van der Waals surface area contributed by atoms with Gasteiger partial charge in [0.25, 0.3) is 0 Å². The van der Waals surface area contributed by atoms with E-state index in [4.69, 9.17) is 9.47 Å². The van der Waals surface area contributed by atoms with Gasteiger partial charge in [0.1, 0.15) is 16.7 Å². The van der Waals surface area contributed by atoms with Gasteiger partial charge in [0.05, 0.1) is 6.61 Å². The Hall–Kier alpha value is -1.45. The van der Waals surface area contributed by atoms with E-state index >= 15 is 0 Å². The zero-order valence-corrected chi connectivity index (χ0v) is 20.6. The first kappa shape index (κ1) is 25.2. The van der Waals surface area contributed by atoms with Gasteiger partial charge in [-0.1, -0.05) is 25.1 Å². The molecular weight excluding hydrogens is 428 g/mol. The van der Waals surface area contributed by atoms with Crippen molar-refractivity contribution in [1.29, 1.82) is 0 Å². The number of aliphatic hydroxyl groups is 1. The van der Waals surface area contributed by atoms with Crippen molar-refractivity contribution in [3.05, 3.63) is 29.8 Å². The third kappa shape index (κ3) is 5.91. The van der Waals surface area contributed by atoms with E-state index in [0.717, 1.165) is 38.2 Å². The number of hydrogen-bond acceptors (Lipinski definition) is 6. The third-order valence-electron chi connectivity index (χ3n) is 6.45. The van der Waals surface area contributed by atoms with Gasteiger partial charge in [0.2, 0.25) is 10.0 Å². The standard InChI is InChI=1S/C24H38N2O5S/c1-5-6-20-7-8-24-22(13-20)31-23(16-25(4)15-21-9-11-30-12-10-21)18(2)14-26(19(3)17-27)32(24,28)29/h5-8,13,18-19,21,23,27H,9-12,14-17H2,1-4H3/t18-,19-,23-/m0/s1. The van der Waals surface area contributed by atoms with Crippen LogP contribution in [-0.4, -0.2) is 81.4 Å². The Bertz CT molecular complexity index is 882. The molecule has 32 heavy (non-hydrogen) atoms. The predicted octanol–water partition coefficient (Wildman–Crippen LogP) is 2.85. The van der Waals surface area contributed by atoms with Crippen LogP contribution in [0.1, 0.15) is 39.2 Å². The highest BCUT2D eigenvalue weighted by atomic mass is 32.2. The smallest absolute Gasteiger partial charge is 0.247 e. The number of rotatable bonds is 7. The number of hydrogen-bond donors (Lipinski definition) is 1. The SMILES string of the molecule is CC=Cc1ccc2c(c1)O[C@@H](CN(C)CC1CCOCC1)[C@@H](C)CN([C@@H](C)CO)S2(=O)=O. The summed E-state index contributed by atoms with van der Waals surface area (Å²) in [5.41, 5.74) is 0.894.